The van der Waals surface area contributed by atoms with Crippen molar-refractivity contribution in [2.75, 3.05) is 38.9 Å². The molecule has 24 nitrogen and oxygen atoms in total. The molecule has 8 heterocycles. The molecule has 0 N–H and O–H groups in total. The molecule has 89 heavy (non-hydrogen) atoms. The molecular weight excluding hydrogens is 1210 g/mol. The van der Waals surface area contributed by atoms with Gasteiger partial charge in [-0.15, -0.1) is 0 Å². The Bertz CT molecular complexity index is 4290. The second-order valence-electron chi connectivity index (χ2n) is 18.2. The van der Waals surface area contributed by atoms with E-state index in [-0.39, 0.29) is 45.9 Å². The number of ether oxygens (including phenoxy) is 4. The lowest BCUT2D eigenvalue weighted by Gasteiger charge is -2.11. The van der Waals surface area contributed by atoms with E-state index < -0.39 is 0 Å². The highest BCUT2D eigenvalue weighted by atomic mass is 32.2. The Hall–Kier alpha value is -9.64. The van der Waals surface area contributed by atoms with Gasteiger partial charge in [-0.05, 0) is 75.7 Å². The van der Waals surface area contributed by atoms with Gasteiger partial charge in [0.2, 0.25) is 0 Å². The van der Waals surface area contributed by atoms with Gasteiger partial charge in [-0.2, -0.15) is 20.4 Å². The molecule has 0 amide bonds. The number of hydrogen-bond donors (Lipinski definition) is 0. The van der Waals surface area contributed by atoms with E-state index in [4.69, 9.17) is 14.2 Å². The van der Waals surface area contributed by atoms with Gasteiger partial charge in [0.15, 0.2) is 22.6 Å². The summed E-state index contributed by atoms with van der Waals surface area (Å²) in [7, 11) is 2.76. The van der Waals surface area contributed by atoms with Crippen LogP contribution in [0, 0.1) is 0 Å². The summed E-state index contributed by atoms with van der Waals surface area (Å²) >= 11 is 5.37. The van der Waals surface area contributed by atoms with Crippen LogP contribution in [0.3, 0.4) is 0 Å². The van der Waals surface area contributed by atoms with Gasteiger partial charge >= 0.3 is 23.9 Å². The van der Waals surface area contributed by atoms with E-state index >= 15 is 0 Å². The fourth-order valence-electron chi connectivity index (χ4n) is 8.30. The Balaban J connectivity index is 0.000000141. The Morgan fingerprint density at radius 3 is 1.09 bits per heavy atom. The zero-order valence-electron chi connectivity index (χ0n) is 48.9. The molecule has 8 aromatic heterocycles. The van der Waals surface area contributed by atoms with Crippen molar-refractivity contribution in [3.63, 3.8) is 0 Å². The Morgan fingerprint density at radius 1 is 0.416 bits per heavy atom. The van der Waals surface area contributed by atoms with Gasteiger partial charge in [0.25, 0.3) is 0 Å². The van der Waals surface area contributed by atoms with Crippen LogP contribution in [0.1, 0.15) is 34.1 Å². The molecule has 12 aromatic rings. The lowest BCUT2D eigenvalue weighted by atomic mass is 10.3. The van der Waals surface area contributed by atoms with Crippen LogP contribution in [-0.2, 0) is 38.1 Å². The zero-order valence-corrected chi connectivity index (χ0v) is 52.2. The second-order valence-corrected chi connectivity index (χ2v) is 22.7. The third kappa shape index (κ3) is 16.1. The summed E-state index contributed by atoms with van der Waals surface area (Å²) in [5.74, 6) is -0.619. The lowest BCUT2D eigenvalue weighted by Crippen LogP contribution is -2.17. The van der Waals surface area contributed by atoms with Gasteiger partial charge in [-0.1, -0.05) is 127 Å². The maximum atomic E-state index is 11.8. The van der Waals surface area contributed by atoms with Crippen molar-refractivity contribution in [3.05, 3.63) is 171 Å². The molecule has 0 bridgehead atoms. The van der Waals surface area contributed by atoms with Crippen LogP contribution in [0.4, 0.5) is 0 Å². The summed E-state index contributed by atoms with van der Waals surface area (Å²) in [5.41, 5.74) is 6.56. The Kier molecular flexibility index (Phi) is 22.8. The molecule has 0 aliphatic heterocycles. The quantitative estimate of drug-likeness (QED) is 0.0315. The van der Waals surface area contributed by atoms with E-state index in [0.29, 0.717) is 47.2 Å². The molecule has 454 valence electrons. The fraction of sp³-hybridized carbons (Fsp3) is 0.213. The summed E-state index contributed by atoms with van der Waals surface area (Å²) in [6.07, 6.45) is 13.5. The molecular formula is C61H58N16O8S4. The number of esters is 4. The molecule has 12 rings (SSSR count). The highest BCUT2D eigenvalue weighted by Crippen LogP contribution is 2.33. The number of nitrogens with zero attached hydrogens (tertiary/aromatic N) is 16. The molecule has 0 spiro atoms. The molecule has 0 fully saturated rings. The first kappa shape index (κ1) is 63.9. The molecule has 0 radical (unpaired) electrons. The summed E-state index contributed by atoms with van der Waals surface area (Å²) in [6, 6.07) is 39.0. The minimum absolute atomic E-state index is 0.207. The molecule has 28 heteroatoms. The number of thioether (sulfide) groups is 4. The van der Waals surface area contributed by atoms with Gasteiger partial charge in [0.1, 0.15) is 55.9 Å². The van der Waals surface area contributed by atoms with Gasteiger partial charge in [-0.3, -0.25) is 19.2 Å². The van der Waals surface area contributed by atoms with Crippen molar-refractivity contribution in [2.24, 2.45) is 0 Å². The number of carbonyl (C=O) groups is 4. The van der Waals surface area contributed by atoms with E-state index in [1.807, 2.05) is 128 Å². The Morgan fingerprint density at radius 2 is 0.753 bits per heavy atom. The standard InChI is InChI=1S/2C16H16N4O2S.C15H14N4O2S.C14H12N4O2S/c1-3-13(16(21)22-2)23-15-12-9-19-20(14(12)17-10-18-15)11-7-5-4-6-8-11;1-3-22-16(21)11(2)23-15-13-9-19-20(14(13)17-10-18-15)12-7-5-4-6-8-12;1-2-21-13(20)9-22-15-12-8-18-19(14(12)16-10-17-15)11-6-4-3-5-7-11;1-20-12(19)8-21-14-11-7-17-18(13(11)15-9-16-14)10-5-3-2-4-6-10/h4-10,13H,3H2,1-2H3;4-11H,3H2,1-2H3;3-8,10H,2,9H2,1H3;2-7,9H,8H2,1H3. The topological polar surface area (TPSA) is 280 Å². The monoisotopic (exact) mass is 1270 g/mol. The van der Waals surface area contributed by atoms with Crippen molar-refractivity contribution < 1.29 is 38.1 Å². The number of hydrogen-bond acceptors (Lipinski definition) is 24. The highest BCUT2D eigenvalue weighted by molar-refractivity contribution is 8.01. The molecule has 2 unspecified atom stereocenters. The molecule has 2 atom stereocenters. The second kappa shape index (κ2) is 31.8. The third-order valence-corrected chi connectivity index (χ3v) is 16.9. The van der Waals surface area contributed by atoms with Crippen LogP contribution in [0.25, 0.3) is 66.9 Å². The average molecular weight is 1270 g/mol. The van der Waals surface area contributed by atoms with E-state index in [1.54, 1.807) is 64.3 Å². The van der Waals surface area contributed by atoms with Crippen LogP contribution in [0.15, 0.2) is 192 Å². The summed E-state index contributed by atoms with van der Waals surface area (Å²) in [5, 5.41) is 23.1. The predicted molar refractivity (Wildman–Crippen MR) is 341 cm³/mol. The van der Waals surface area contributed by atoms with Gasteiger partial charge < -0.3 is 18.9 Å². The number of aromatic nitrogens is 16. The smallest absolute Gasteiger partial charge is 0.319 e. The van der Waals surface area contributed by atoms with Crippen molar-refractivity contribution in [1.82, 2.24) is 79.0 Å². The lowest BCUT2D eigenvalue weighted by molar-refractivity contribution is -0.142. The minimum Gasteiger partial charge on any atom is -0.468 e. The first-order valence-corrected chi connectivity index (χ1v) is 31.3. The van der Waals surface area contributed by atoms with Crippen LogP contribution in [0.5, 0.6) is 0 Å². The molecule has 0 aliphatic rings. The number of benzene rings is 4. The first-order valence-electron chi connectivity index (χ1n) is 27.6. The summed E-state index contributed by atoms with van der Waals surface area (Å²) in [6.45, 7) is 8.08. The number of fused-ring (bicyclic) bond motifs is 4. The van der Waals surface area contributed by atoms with Crippen molar-refractivity contribution in [3.8, 4) is 22.7 Å². The number of para-hydroxylation sites is 4. The first-order chi connectivity index (χ1) is 43.5. The Labute approximate surface area is 527 Å². The van der Waals surface area contributed by atoms with E-state index in [2.05, 4.69) is 65.0 Å². The van der Waals surface area contributed by atoms with Crippen molar-refractivity contribution in [2.45, 2.75) is 64.7 Å². The van der Waals surface area contributed by atoms with E-state index in [0.717, 1.165) is 59.4 Å². The van der Waals surface area contributed by atoms with Gasteiger partial charge in [0.05, 0.1) is 108 Å². The number of carbonyl (C=O) groups excluding carboxylic acids is 4. The minimum atomic E-state index is -0.340. The van der Waals surface area contributed by atoms with Gasteiger partial charge in [0, 0.05) is 0 Å². The van der Waals surface area contributed by atoms with Gasteiger partial charge in [-0.25, -0.2) is 58.6 Å². The van der Waals surface area contributed by atoms with Crippen molar-refractivity contribution >= 4 is 115 Å². The van der Waals surface area contributed by atoms with Crippen LogP contribution < -0.4 is 0 Å². The molecule has 4 aromatic carbocycles. The fourth-order valence-corrected chi connectivity index (χ4v) is 11.7. The average Bonchev–Trinajstić information content (AvgIpc) is 1.94. The van der Waals surface area contributed by atoms with Crippen LogP contribution >= 0.6 is 47.0 Å². The van der Waals surface area contributed by atoms with E-state index in [9.17, 15) is 19.2 Å². The summed E-state index contributed by atoms with van der Waals surface area (Å²) < 4.78 is 26.5. The summed E-state index contributed by atoms with van der Waals surface area (Å²) in [4.78, 5) is 80.6. The maximum absolute atomic E-state index is 11.8. The van der Waals surface area contributed by atoms with Crippen LogP contribution in [0.2, 0.25) is 0 Å². The largest absolute Gasteiger partial charge is 0.468 e. The number of methoxy groups -OCH3 is 2. The zero-order chi connectivity index (χ0) is 62.5. The SMILES string of the molecule is CCC(Sc1ncnc2c1cnn2-c1ccccc1)C(=O)OC.CCOC(=O)C(C)Sc1ncnc2c1cnn2-c1ccccc1.CCOC(=O)CSc1ncnc2c1cnn2-c1ccccc1.COC(=O)CSc1ncnc2c1cnn2-c1ccccc1. The van der Waals surface area contributed by atoms with Crippen LogP contribution in [-0.4, -0.2) is 152 Å². The molecule has 0 saturated carbocycles. The number of rotatable bonds is 19. The third-order valence-electron chi connectivity index (χ3n) is 12.5. The molecule has 0 saturated heterocycles. The normalized spacial score (nSPS) is 11.5. The highest BCUT2D eigenvalue weighted by Gasteiger charge is 2.23. The van der Waals surface area contributed by atoms with E-state index in [1.165, 1.54) is 86.6 Å². The molecule has 0 aliphatic carbocycles. The predicted octanol–water partition coefficient (Wildman–Crippen LogP) is 10.3. The maximum Gasteiger partial charge on any atom is 0.319 e. The van der Waals surface area contributed by atoms with Crippen molar-refractivity contribution in [1.29, 1.82) is 0 Å².